The molecule has 0 saturated heterocycles. The Hall–Kier alpha value is -1.52. The third-order valence-corrected chi connectivity index (χ3v) is 9.32. The quantitative estimate of drug-likeness (QED) is 0.0323. The normalized spacial score (nSPS) is 13.9. The van der Waals surface area contributed by atoms with Gasteiger partial charge in [-0.25, -0.2) is 9.36 Å². The first-order valence-corrected chi connectivity index (χ1v) is 20.5. The molecular formula is C36H69O11P. The number of phosphoric acid groups is 1. The summed E-state index contributed by atoms with van der Waals surface area (Å²) in [6.45, 7) is 2.35. The Kier molecular flexibility index (Phi) is 31.6. The summed E-state index contributed by atoms with van der Waals surface area (Å²) in [5, 5.41) is 18.1. The number of rotatable bonds is 36. The second-order valence-corrected chi connectivity index (χ2v) is 14.4. The second kappa shape index (κ2) is 32.7. The van der Waals surface area contributed by atoms with Crippen molar-refractivity contribution < 1.29 is 52.6 Å². The zero-order valence-electron chi connectivity index (χ0n) is 30.2. The Morgan fingerprint density at radius 1 is 0.583 bits per heavy atom. The van der Waals surface area contributed by atoms with Gasteiger partial charge in [-0.05, 0) is 12.8 Å². The van der Waals surface area contributed by atoms with E-state index in [1.54, 1.807) is 0 Å². The molecule has 0 aromatic carbocycles. The molecule has 0 saturated carbocycles. The molecule has 0 amide bonds. The molecule has 0 bridgehead atoms. The summed E-state index contributed by atoms with van der Waals surface area (Å²) in [6.07, 6.45) is 25.1. The average molecular weight is 709 g/mol. The Balaban J connectivity index is 4.46. The zero-order valence-corrected chi connectivity index (χ0v) is 31.1. The minimum Gasteiger partial charge on any atom is -0.479 e. The highest BCUT2D eigenvalue weighted by Crippen LogP contribution is 2.44. The van der Waals surface area contributed by atoms with Gasteiger partial charge in [-0.15, -0.1) is 0 Å². The van der Waals surface area contributed by atoms with Crippen molar-refractivity contribution in [2.45, 2.75) is 193 Å². The van der Waals surface area contributed by atoms with Gasteiger partial charge < -0.3 is 24.6 Å². The summed E-state index contributed by atoms with van der Waals surface area (Å²) in [7, 11) is -4.93. The van der Waals surface area contributed by atoms with Gasteiger partial charge in [-0.1, -0.05) is 155 Å². The van der Waals surface area contributed by atoms with E-state index in [2.05, 4.69) is 18.4 Å². The molecule has 0 aliphatic rings. The van der Waals surface area contributed by atoms with Gasteiger partial charge in [-0.3, -0.25) is 18.6 Å². The van der Waals surface area contributed by atoms with Gasteiger partial charge in [-0.2, -0.15) is 0 Å². The Labute approximate surface area is 290 Å². The third kappa shape index (κ3) is 30.5. The number of carboxylic acid groups (broad SMARTS) is 1. The first-order valence-electron chi connectivity index (χ1n) is 19.0. The Morgan fingerprint density at radius 2 is 0.958 bits per heavy atom. The van der Waals surface area contributed by atoms with Crippen LogP contribution >= 0.6 is 7.82 Å². The number of aliphatic hydroxyl groups is 1. The summed E-state index contributed by atoms with van der Waals surface area (Å²) in [5.41, 5.74) is 0. The second-order valence-electron chi connectivity index (χ2n) is 13.0. The number of esters is 2. The molecule has 12 heteroatoms. The summed E-state index contributed by atoms with van der Waals surface area (Å²) in [4.78, 5) is 45.8. The van der Waals surface area contributed by atoms with Crippen molar-refractivity contribution in [2.75, 3.05) is 19.8 Å². The highest BCUT2D eigenvalue weighted by Gasteiger charge is 2.32. The van der Waals surface area contributed by atoms with E-state index >= 15 is 0 Å². The van der Waals surface area contributed by atoms with Crippen molar-refractivity contribution in [3.63, 3.8) is 0 Å². The van der Waals surface area contributed by atoms with Crippen LogP contribution in [0.15, 0.2) is 0 Å². The number of carbonyl (C=O) groups excluding carboxylic acids is 2. The van der Waals surface area contributed by atoms with Gasteiger partial charge in [0.25, 0.3) is 0 Å². The third-order valence-electron chi connectivity index (χ3n) is 8.32. The summed E-state index contributed by atoms with van der Waals surface area (Å²) in [6, 6.07) is 0. The Morgan fingerprint density at radius 3 is 1.33 bits per heavy atom. The van der Waals surface area contributed by atoms with Crippen molar-refractivity contribution in [3.8, 4) is 0 Å². The van der Waals surface area contributed by atoms with Gasteiger partial charge in [0.1, 0.15) is 6.61 Å². The van der Waals surface area contributed by atoms with Crippen molar-refractivity contribution >= 4 is 25.7 Å². The predicted molar refractivity (Wildman–Crippen MR) is 188 cm³/mol. The van der Waals surface area contributed by atoms with Crippen LogP contribution < -0.4 is 0 Å². The molecule has 3 N–H and O–H groups in total. The van der Waals surface area contributed by atoms with Crippen molar-refractivity contribution in [1.29, 1.82) is 0 Å². The van der Waals surface area contributed by atoms with Crippen LogP contribution in [0.25, 0.3) is 0 Å². The molecular weight excluding hydrogens is 639 g/mol. The van der Waals surface area contributed by atoms with Gasteiger partial charge in [0.15, 0.2) is 12.2 Å². The maximum absolute atomic E-state index is 12.5. The van der Waals surface area contributed by atoms with Crippen LogP contribution in [0.2, 0.25) is 0 Å². The average Bonchev–Trinajstić information content (AvgIpc) is 3.05. The smallest absolute Gasteiger partial charge is 0.473 e. The molecule has 3 unspecified atom stereocenters. The lowest BCUT2D eigenvalue weighted by Gasteiger charge is -2.21. The highest BCUT2D eigenvalue weighted by atomic mass is 31.2. The van der Waals surface area contributed by atoms with E-state index in [0.717, 1.165) is 38.5 Å². The van der Waals surface area contributed by atoms with E-state index < -0.39 is 51.2 Å². The largest absolute Gasteiger partial charge is 0.479 e. The minimum absolute atomic E-state index is 0.139. The molecule has 0 rings (SSSR count). The lowest BCUT2D eigenvalue weighted by Crippen LogP contribution is -2.31. The lowest BCUT2D eigenvalue weighted by atomic mass is 10.0. The van der Waals surface area contributed by atoms with Gasteiger partial charge in [0.05, 0.1) is 13.2 Å². The Bertz CT molecular complexity index is 839. The van der Waals surface area contributed by atoms with Crippen LogP contribution in [-0.2, 0) is 37.5 Å². The molecule has 0 heterocycles. The highest BCUT2D eigenvalue weighted by molar-refractivity contribution is 7.47. The number of ether oxygens (including phenoxy) is 2. The molecule has 0 aromatic heterocycles. The maximum atomic E-state index is 12.5. The van der Waals surface area contributed by atoms with E-state index in [4.69, 9.17) is 24.2 Å². The zero-order chi connectivity index (χ0) is 35.7. The van der Waals surface area contributed by atoms with Crippen molar-refractivity contribution in [3.05, 3.63) is 0 Å². The first-order chi connectivity index (χ1) is 23.1. The van der Waals surface area contributed by atoms with Crippen molar-refractivity contribution in [1.82, 2.24) is 0 Å². The first kappa shape index (κ1) is 46.5. The van der Waals surface area contributed by atoms with Crippen LogP contribution in [0.5, 0.6) is 0 Å². The van der Waals surface area contributed by atoms with Gasteiger partial charge in [0.2, 0.25) is 0 Å². The number of phosphoric ester groups is 1. The summed E-state index contributed by atoms with van der Waals surface area (Å²) in [5.74, 6) is -2.67. The molecule has 48 heavy (non-hydrogen) atoms. The number of hydrogen-bond donors (Lipinski definition) is 3. The molecule has 0 aliphatic heterocycles. The summed E-state index contributed by atoms with van der Waals surface area (Å²) < 4.78 is 32.3. The van der Waals surface area contributed by atoms with E-state index in [9.17, 15) is 23.8 Å². The van der Waals surface area contributed by atoms with Gasteiger partial charge in [0, 0.05) is 12.8 Å². The lowest BCUT2D eigenvalue weighted by molar-refractivity contribution is -0.161. The van der Waals surface area contributed by atoms with E-state index in [1.807, 2.05) is 0 Å². The fraction of sp³-hybridized carbons (Fsp3) is 0.917. The van der Waals surface area contributed by atoms with E-state index in [0.29, 0.717) is 12.8 Å². The molecule has 0 fully saturated rings. The van der Waals surface area contributed by atoms with E-state index in [-0.39, 0.29) is 19.4 Å². The number of aliphatic carboxylic acids is 1. The van der Waals surface area contributed by atoms with Crippen LogP contribution in [0.4, 0.5) is 0 Å². The van der Waals surface area contributed by atoms with Crippen LogP contribution in [0, 0.1) is 0 Å². The fourth-order valence-electron chi connectivity index (χ4n) is 5.36. The molecule has 0 radical (unpaired) electrons. The molecule has 0 aromatic rings. The number of hydrogen-bond acceptors (Lipinski definition) is 9. The van der Waals surface area contributed by atoms with Gasteiger partial charge >= 0.3 is 25.7 Å². The van der Waals surface area contributed by atoms with Crippen molar-refractivity contribution in [2.24, 2.45) is 0 Å². The maximum Gasteiger partial charge on any atom is 0.473 e. The SMILES string of the molecule is CCCCCCCCCCCCCCCC(=O)OC(COC(=O)CCCCCCCCCCCCC)COP(=O)(O)OC(CO)C(=O)O. The van der Waals surface area contributed by atoms with E-state index in [1.165, 1.54) is 103 Å². The predicted octanol–water partition coefficient (Wildman–Crippen LogP) is 9.20. The molecule has 0 spiro atoms. The molecule has 284 valence electrons. The number of unbranched alkanes of at least 4 members (excludes halogenated alkanes) is 22. The standard InChI is InChI=1S/C36H69O11P/c1-3-5-7-9-11-13-15-16-18-20-22-24-26-28-35(39)46-32(31-45-48(42,43)47-33(29-37)36(40)41)30-44-34(38)27-25-23-21-19-17-14-12-10-8-6-4-2/h32-33,37H,3-31H2,1-2H3,(H,40,41)(H,42,43). The summed E-state index contributed by atoms with van der Waals surface area (Å²) >= 11 is 0. The number of carbonyl (C=O) groups is 3. The van der Waals surface area contributed by atoms with Crippen LogP contribution in [-0.4, -0.2) is 65.0 Å². The van der Waals surface area contributed by atoms with Crippen LogP contribution in [0.1, 0.15) is 181 Å². The molecule has 0 aliphatic carbocycles. The fourth-order valence-corrected chi connectivity index (χ4v) is 6.26. The molecule has 3 atom stereocenters. The monoisotopic (exact) mass is 708 g/mol. The number of aliphatic hydroxyl groups excluding tert-OH is 1. The number of carboxylic acids is 1. The minimum atomic E-state index is -4.93. The molecule has 11 nitrogen and oxygen atoms in total. The topological polar surface area (TPSA) is 166 Å². The van der Waals surface area contributed by atoms with Crippen LogP contribution in [0.3, 0.4) is 0 Å².